The first kappa shape index (κ1) is 12.3. The molecule has 1 unspecified atom stereocenters. The summed E-state index contributed by atoms with van der Waals surface area (Å²) in [5.74, 6) is 0. The van der Waals surface area contributed by atoms with Gasteiger partial charge in [-0.2, -0.15) is 0 Å². The quantitative estimate of drug-likeness (QED) is 0.786. The average molecular weight is 254 g/mol. The fourth-order valence-corrected chi connectivity index (χ4v) is 3.52. The van der Waals surface area contributed by atoms with Crippen LogP contribution in [0.15, 0.2) is 6.20 Å². The Morgan fingerprint density at radius 1 is 1.47 bits per heavy atom. The van der Waals surface area contributed by atoms with Gasteiger partial charge in [-0.05, 0) is 26.2 Å². The second-order valence-electron chi connectivity index (χ2n) is 4.41. The molecule has 2 rings (SSSR count). The third-order valence-corrected chi connectivity index (χ3v) is 4.56. The molecule has 5 nitrogen and oxygen atoms in total. The molecule has 1 saturated heterocycles. The smallest absolute Gasteiger partial charge is 0.198 e. The van der Waals surface area contributed by atoms with Crippen LogP contribution in [0, 0.1) is 13.3 Å². The molecule has 2 heterocycles. The van der Waals surface area contributed by atoms with Crippen LogP contribution in [0.3, 0.4) is 0 Å². The van der Waals surface area contributed by atoms with E-state index in [2.05, 4.69) is 16.3 Å². The summed E-state index contributed by atoms with van der Waals surface area (Å²) in [7, 11) is -3.08. The molecule has 1 atom stereocenters. The first-order valence-electron chi connectivity index (χ1n) is 5.65. The number of aryl methyl sites for hydroxylation is 1. The van der Waals surface area contributed by atoms with Crippen molar-refractivity contribution in [2.24, 2.45) is 0 Å². The molecule has 1 aliphatic rings. The lowest BCUT2D eigenvalue weighted by molar-refractivity contribution is 0.509. The first-order chi connectivity index (χ1) is 8.00. The molecule has 1 radical (unpaired) electrons. The SMILES string of the molecule is Cc1n[c]ncc1N1CCCCC1S(C)(=O)=O. The molecule has 6 heteroatoms. The molecule has 0 aromatic carbocycles. The van der Waals surface area contributed by atoms with Gasteiger partial charge in [-0.15, -0.1) is 0 Å². The Bertz CT molecular complexity index is 501. The number of nitrogens with zero attached hydrogens (tertiary/aromatic N) is 3. The van der Waals surface area contributed by atoms with E-state index < -0.39 is 15.2 Å². The van der Waals surface area contributed by atoms with Crippen LogP contribution in [-0.4, -0.2) is 36.6 Å². The Balaban J connectivity index is 2.38. The zero-order valence-electron chi connectivity index (χ0n) is 10.0. The van der Waals surface area contributed by atoms with E-state index in [1.807, 2.05) is 11.8 Å². The number of aromatic nitrogens is 2. The highest BCUT2D eigenvalue weighted by atomic mass is 32.2. The minimum absolute atomic E-state index is 0.444. The Labute approximate surface area is 102 Å². The van der Waals surface area contributed by atoms with E-state index in [0.717, 1.165) is 30.8 Å². The third-order valence-electron chi connectivity index (χ3n) is 3.08. The topological polar surface area (TPSA) is 63.2 Å². The van der Waals surface area contributed by atoms with Crippen molar-refractivity contribution in [3.05, 3.63) is 18.2 Å². The summed E-state index contributed by atoms with van der Waals surface area (Å²) in [5.41, 5.74) is 1.58. The van der Waals surface area contributed by atoms with Gasteiger partial charge < -0.3 is 4.90 Å². The molecule has 93 valence electrons. The molecule has 1 aliphatic heterocycles. The Morgan fingerprint density at radius 3 is 2.88 bits per heavy atom. The maximum Gasteiger partial charge on any atom is 0.198 e. The van der Waals surface area contributed by atoms with Gasteiger partial charge in [0, 0.05) is 12.8 Å². The molecule has 0 aliphatic carbocycles. The van der Waals surface area contributed by atoms with Crippen LogP contribution in [0.1, 0.15) is 25.0 Å². The van der Waals surface area contributed by atoms with Crippen LogP contribution in [0.5, 0.6) is 0 Å². The number of hydrogen-bond acceptors (Lipinski definition) is 5. The zero-order valence-corrected chi connectivity index (χ0v) is 10.9. The van der Waals surface area contributed by atoms with Gasteiger partial charge in [0.1, 0.15) is 5.37 Å². The largest absolute Gasteiger partial charge is 0.352 e. The summed E-state index contributed by atoms with van der Waals surface area (Å²) in [6.07, 6.45) is 8.09. The minimum Gasteiger partial charge on any atom is -0.352 e. The third kappa shape index (κ3) is 2.57. The van der Waals surface area contributed by atoms with E-state index in [4.69, 9.17) is 0 Å². The van der Waals surface area contributed by atoms with Crippen LogP contribution < -0.4 is 4.90 Å². The number of piperidine rings is 1. The molecular weight excluding hydrogens is 238 g/mol. The summed E-state index contributed by atoms with van der Waals surface area (Å²) >= 11 is 0. The van der Waals surface area contributed by atoms with E-state index in [9.17, 15) is 8.42 Å². The van der Waals surface area contributed by atoms with Crippen molar-refractivity contribution in [3.63, 3.8) is 0 Å². The van der Waals surface area contributed by atoms with Crippen molar-refractivity contribution < 1.29 is 8.42 Å². The van der Waals surface area contributed by atoms with E-state index in [1.165, 1.54) is 6.26 Å². The molecule has 0 bridgehead atoms. The van der Waals surface area contributed by atoms with Gasteiger partial charge in [0.25, 0.3) is 0 Å². The number of sulfone groups is 1. The number of rotatable bonds is 2. The second kappa shape index (κ2) is 4.60. The molecule has 0 N–H and O–H groups in total. The standard InChI is InChI=1S/C11H16N3O2S/c1-9-10(7-12-8-13-9)14-6-4-3-5-11(14)17(2,15)16/h7,11H,3-6H2,1-2H3. The molecule has 1 aromatic rings. The summed E-state index contributed by atoms with van der Waals surface area (Å²) < 4.78 is 23.6. The molecule has 1 fully saturated rings. The van der Waals surface area contributed by atoms with Gasteiger partial charge in [-0.1, -0.05) is 0 Å². The molecule has 1 aromatic heterocycles. The lowest BCUT2D eigenvalue weighted by atomic mass is 10.1. The summed E-state index contributed by atoms with van der Waals surface area (Å²) in [5, 5.41) is -0.444. The number of anilines is 1. The van der Waals surface area contributed by atoms with Crippen LogP contribution >= 0.6 is 0 Å². The summed E-state index contributed by atoms with van der Waals surface area (Å²) in [6, 6.07) is 0. The number of hydrogen-bond donors (Lipinski definition) is 0. The van der Waals surface area contributed by atoms with Gasteiger partial charge in [0.05, 0.1) is 17.6 Å². The summed E-state index contributed by atoms with van der Waals surface area (Å²) in [6.45, 7) is 2.59. The summed E-state index contributed by atoms with van der Waals surface area (Å²) in [4.78, 5) is 9.77. The Morgan fingerprint density at radius 2 is 2.24 bits per heavy atom. The highest BCUT2D eigenvalue weighted by Crippen LogP contribution is 2.28. The highest BCUT2D eigenvalue weighted by Gasteiger charge is 2.31. The molecular formula is C11H16N3O2S. The van der Waals surface area contributed by atoms with E-state index in [0.29, 0.717) is 6.42 Å². The predicted molar refractivity (Wildman–Crippen MR) is 65.4 cm³/mol. The van der Waals surface area contributed by atoms with Crippen molar-refractivity contribution in [2.75, 3.05) is 17.7 Å². The first-order valence-corrected chi connectivity index (χ1v) is 7.61. The fourth-order valence-electron chi connectivity index (χ4n) is 2.25. The van der Waals surface area contributed by atoms with Crippen LogP contribution in [0.25, 0.3) is 0 Å². The van der Waals surface area contributed by atoms with E-state index in [1.54, 1.807) is 6.20 Å². The van der Waals surface area contributed by atoms with Crippen LogP contribution in [0.2, 0.25) is 0 Å². The van der Waals surface area contributed by atoms with Gasteiger partial charge >= 0.3 is 0 Å². The highest BCUT2D eigenvalue weighted by molar-refractivity contribution is 7.91. The van der Waals surface area contributed by atoms with Gasteiger partial charge in [0.15, 0.2) is 16.2 Å². The van der Waals surface area contributed by atoms with Crippen LogP contribution in [0.4, 0.5) is 5.69 Å². The monoisotopic (exact) mass is 254 g/mol. The molecule has 0 amide bonds. The minimum atomic E-state index is -3.08. The zero-order chi connectivity index (χ0) is 12.5. The van der Waals surface area contributed by atoms with Crippen LogP contribution in [-0.2, 0) is 9.84 Å². The second-order valence-corrected chi connectivity index (χ2v) is 6.62. The Hall–Kier alpha value is -1.17. The van der Waals surface area contributed by atoms with E-state index in [-0.39, 0.29) is 0 Å². The van der Waals surface area contributed by atoms with Crippen molar-refractivity contribution in [2.45, 2.75) is 31.6 Å². The van der Waals surface area contributed by atoms with Gasteiger partial charge in [-0.25, -0.2) is 18.4 Å². The van der Waals surface area contributed by atoms with Gasteiger partial charge in [-0.3, -0.25) is 0 Å². The molecule has 17 heavy (non-hydrogen) atoms. The lowest BCUT2D eigenvalue weighted by Gasteiger charge is -2.36. The lowest BCUT2D eigenvalue weighted by Crippen LogP contribution is -2.44. The van der Waals surface area contributed by atoms with Crippen molar-refractivity contribution in [1.29, 1.82) is 0 Å². The molecule has 0 saturated carbocycles. The van der Waals surface area contributed by atoms with Crippen molar-refractivity contribution >= 4 is 15.5 Å². The predicted octanol–water partition coefficient (Wildman–Crippen LogP) is 0.946. The normalized spacial score (nSPS) is 21.5. The van der Waals surface area contributed by atoms with E-state index >= 15 is 0 Å². The fraction of sp³-hybridized carbons (Fsp3) is 0.636. The average Bonchev–Trinajstić information content (AvgIpc) is 2.28. The maximum atomic E-state index is 11.8. The van der Waals surface area contributed by atoms with Crippen molar-refractivity contribution in [3.8, 4) is 0 Å². The van der Waals surface area contributed by atoms with Crippen molar-refractivity contribution in [1.82, 2.24) is 9.97 Å². The molecule has 0 spiro atoms. The Kier molecular flexibility index (Phi) is 3.33. The van der Waals surface area contributed by atoms with Gasteiger partial charge in [0.2, 0.25) is 0 Å². The maximum absolute atomic E-state index is 11.8.